The Kier molecular flexibility index (Phi) is 8.12. The van der Waals surface area contributed by atoms with E-state index in [9.17, 15) is 17.6 Å². The molecule has 4 rings (SSSR count). The van der Waals surface area contributed by atoms with Gasteiger partial charge in [-0.05, 0) is 60.5 Å². The molecule has 1 aliphatic rings. The van der Waals surface area contributed by atoms with Gasteiger partial charge in [0, 0.05) is 24.0 Å². The van der Waals surface area contributed by atoms with Gasteiger partial charge in [0.15, 0.2) is 0 Å². The van der Waals surface area contributed by atoms with Gasteiger partial charge in [0.1, 0.15) is 18.2 Å². The van der Waals surface area contributed by atoms with Crippen LogP contribution in [0.3, 0.4) is 0 Å². The number of carbonyl (C=O) groups is 1. The lowest BCUT2D eigenvalue weighted by Crippen LogP contribution is -2.48. The zero-order chi connectivity index (χ0) is 25.9. The first-order chi connectivity index (χ1) is 17.1. The SMILES string of the molecule is Cc1ccc(S(=O)(=O)N(CC(=O)N2CCc3sccc3[C@@H]2COc2cccc(F)c2)CC(C)C)cc1. The second-order valence-corrected chi connectivity index (χ2v) is 12.4. The molecule has 0 spiro atoms. The number of sulfonamides is 1. The van der Waals surface area contributed by atoms with Gasteiger partial charge in [0.2, 0.25) is 15.9 Å². The van der Waals surface area contributed by atoms with Gasteiger partial charge in [-0.15, -0.1) is 11.3 Å². The van der Waals surface area contributed by atoms with Crippen molar-refractivity contribution in [1.29, 1.82) is 0 Å². The largest absolute Gasteiger partial charge is 0.491 e. The van der Waals surface area contributed by atoms with Crippen LogP contribution in [0.25, 0.3) is 0 Å². The number of halogens is 1. The molecule has 0 saturated heterocycles. The van der Waals surface area contributed by atoms with E-state index in [0.717, 1.165) is 11.1 Å². The minimum absolute atomic E-state index is 0.0370. The lowest BCUT2D eigenvalue weighted by molar-refractivity contribution is -0.135. The number of carbonyl (C=O) groups excluding carboxylic acids is 1. The van der Waals surface area contributed by atoms with Crippen LogP contribution in [0.4, 0.5) is 4.39 Å². The number of aryl methyl sites for hydroxylation is 1. The molecule has 0 aliphatic carbocycles. The van der Waals surface area contributed by atoms with Crippen molar-refractivity contribution in [2.24, 2.45) is 5.92 Å². The number of nitrogens with zero attached hydrogens (tertiary/aromatic N) is 2. The van der Waals surface area contributed by atoms with Crippen molar-refractivity contribution in [1.82, 2.24) is 9.21 Å². The Hall–Kier alpha value is -2.75. The van der Waals surface area contributed by atoms with Crippen LogP contribution in [0.5, 0.6) is 5.75 Å². The summed E-state index contributed by atoms with van der Waals surface area (Å²) in [6.07, 6.45) is 0.699. The number of amides is 1. The minimum Gasteiger partial charge on any atom is -0.491 e. The first-order valence-electron chi connectivity index (χ1n) is 12.0. The van der Waals surface area contributed by atoms with Crippen LogP contribution in [0.1, 0.15) is 35.9 Å². The van der Waals surface area contributed by atoms with E-state index in [-0.39, 0.29) is 36.4 Å². The van der Waals surface area contributed by atoms with E-state index in [4.69, 9.17) is 4.74 Å². The molecule has 6 nitrogen and oxygen atoms in total. The summed E-state index contributed by atoms with van der Waals surface area (Å²) < 4.78 is 47.8. The molecule has 2 aromatic carbocycles. The van der Waals surface area contributed by atoms with Crippen molar-refractivity contribution >= 4 is 27.3 Å². The number of hydrogen-bond acceptors (Lipinski definition) is 5. The molecule has 1 amide bonds. The minimum atomic E-state index is -3.86. The summed E-state index contributed by atoms with van der Waals surface area (Å²) in [7, 11) is -3.86. The molecular formula is C27H31FN2O4S2. The molecule has 1 aromatic heterocycles. The van der Waals surface area contributed by atoms with Gasteiger partial charge in [-0.1, -0.05) is 37.6 Å². The number of fused-ring (bicyclic) bond motifs is 1. The highest BCUT2D eigenvalue weighted by molar-refractivity contribution is 7.89. The average Bonchev–Trinajstić information content (AvgIpc) is 3.31. The summed E-state index contributed by atoms with van der Waals surface area (Å²) in [6.45, 7) is 6.32. The highest BCUT2D eigenvalue weighted by Gasteiger charge is 2.35. The van der Waals surface area contributed by atoms with Gasteiger partial charge in [-0.25, -0.2) is 12.8 Å². The van der Waals surface area contributed by atoms with E-state index in [2.05, 4.69) is 0 Å². The lowest BCUT2D eigenvalue weighted by Gasteiger charge is -2.37. The van der Waals surface area contributed by atoms with Crippen LogP contribution < -0.4 is 4.74 Å². The summed E-state index contributed by atoms with van der Waals surface area (Å²) in [6, 6.07) is 14.2. The summed E-state index contributed by atoms with van der Waals surface area (Å²) in [5.41, 5.74) is 1.95. The van der Waals surface area contributed by atoms with E-state index in [1.165, 1.54) is 21.3 Å². The molecule has 0 fully saturated rings. The van der Waals surface area contributed by atoms with Gasteiger partial charge < -0.3 is 9.64 Å². The number of rotatable bonds is 9. The first kappa shape index (κ1) is 26.3. The normalized spacial score (nSPS) is 15.8. The van der Waals surface area contributed by atoms with Crippen LogP contribution in [0, 0.1) is 18.7 Å². The zero-order valence-corrected chi connectivity index (χ0v) is 22.3. The van der Waals surface area contributed by atoms with E-state index in [1.807, 2.05) is 32.2 Å². The monoisotopic (exact) mass is 530 g/mol. The van der Waals surface area contributed by atoms with Crippen LogP contribution in [0.15, 0.2) is 64.9 Å². The van der Waals surface area contributed by atoms with E-state index < -0.39 is 21.9 Å². The maximum absolute atomic E-state index is 13.6. The first-order valence-corrected chi connectivity index (χ1v) is 14.3. The fourth-order valence-corrected chi connectivity index (χ4v) is 6.84. The molecule has 192 valence electrons. The second kappa shape index (κ2) is 11.1. The summed E-state index contributed by atoms with van der Waals surface area (Å²) in [5, 5.41) is 1.99. The molecule has 0 unspecified atom stereocenters. The molecule has 0 saturated carbocycles. The molecule has 2 heterocycles. The maximum atomic E-state index is 13.6. The highest BCUT2D eigenvalue weighted by atomic mass is 32.2. The number of ether oxygens (including phenoxy) is 1. The zero-order valence-electron chi connectivity index (χ0n) is 20.7. The third-order valence-corrected chi connectivity index (χ3v) is 8.98. The van der Waals surface area contributed by atoms with Gasteiger partial charge in [0.25, 0.3) is 0 Å². The van der Waals surface area contributed by atoms with Crippen molar-refractivity contribution in [3.05, 3.63) is 81.8 Å². The van der Waals surface area contributed by atoms with Crippen molar-refractivity contribution in [3.63, 3.8) is 0 Å². The van der Waals surface area contributed by atoms with E-state index in [0.29, 0.717) is 18.7 Å². The van der Waals surface area contributed by atoms with Crippen molar-refractivity contribution < 1.29 is 22.3 Å². The third-order valence-electron chi connectivity index (χ3n) is 6.16. The number of benzene rings is 2. The Labute approximate surface area is 216 Å². The summed E-state index contributed by atoms with van der Waals surface area (Å²) in [5.74, 6) is -0.259. The van der Waals surface area contributed by atoms with Gasteiger partial charge >= 0.3 is 0 Å². The van der Waals surface area contributed by atoms with Crippen molar-refractivity contribution in [2.45, 2.75) is 38.1 Å². The Morgan fingerprint density at radius 2 is 1.94 bits per heavy atom. The molecule has 0 radical (unpaired) electrons. The highest BCUT2D eigenvalue weighted by Crippen LogP contribution is 2.34. The second-order valence-electron chi connectivity index (χ2n) is 9.42. The molecular weight excluding hydrogens is 499 g/mol. The average molecular weight is 531 g/mol. The summed E-state index contributed by atoms with van der Waals surface area (Å²) >= 11 is 1.63. The molecule has 0 bridgehead atoms. The van der Waals surface area contributed by atoms with Crippen LogP contribution in [-0.4, -0.2) is 49.8 Å². The number of thiophene rings is 1. The van der Waals surface area contributed by atoms with Crippen LogP contribution >= 0.6 is 11.3 Å². The van der Waals surface area contributed by atoms with Crippen LogP contribution in [0.2, 0.25) is 0 Å². The number of hydrogen-bond donors (Lipinski definition) is 0. The molecule has 1 aliphatic heterocycles. The van der Waals surface area contributed by atoms with E-state index >= 15 is 0 Å². The third kappa shape index (κ3) is 5.96. The standard InChI is InChI=1S/C27H31FN2O4S2/c1-19(2)16-29(36(32,33)23-9-7-20(3)8-10-23)17-27(31)30-13-11-26-24(12-14-35-26)25(30)18-34-22-6-4-5-21(28)15-22/h4-10,12,14-15,19,25H,11,13,16-18H2,1-3H3/t25-/m0/s1. The lowest BCUT2D eigenvalue weighted by atomic mass is 10.0. The Morgan fingerprint density at radius 3 is 2.64 bits per heavy atom. The predicted octanol–water partition coefficient (Wildman–Crippen LogP) is 5.05. The quantitative estimate of drug-likeness (QED) is 0.389. The molecule has 1 atom stereocenters. The fraction of sp³-hybridized carbons (Fsp3) is 0.370. The Morgan fingerprint density at radius 1 is 1.19 bits per heavy atom. The fourth-order valence-electron chi connectivity index (χ4n) is 4.36. The predicted molar refractivity (Wildman–Crippen MR) is 139 cm³/mol. The Balaban J connectivity index is 1.57. The van der Waals surface area contributed by atoms with Crippen molar-refractivity contribution in [2.75, 3.05) is 26.2 Å². The molecule has 36 heavy (non-hydrogen) atoms. The van der Waals surface area contributed by atoms with Gasteiger partial charge in [0.05, 0.1) is 17.5 Å². The van der Waals surface area contributed by atoms with Crippen LogP contribution in [-0.2, 0) is 21.2 Å². The molecule has 3 aromatic rings. The van der Waals surface area contributed by atoms with Crippen molar-refractivity contribution in [3.8, 4) is 5.75 Å². The topological polar surface area (TPSA) is 66.9 Å². The summed E-state index contributed by atoms with van der Waals surface area (Å²) in [4.78, 5) is 16.7. The molecule has 0 N–H and O–H groups in total. The smallest absolute Gasteiger partial charge is 0.243 e. The molecule has 9 heteroatoms. The maximum Gasteiger partial charge on any atom is 0.243 e. The Bertz CT molecular complexity index is 1310. The van der Waals surface area contributed by atoms with E-state index in [1.54, 1.807) is 52.6 Å². The van der Waals surface area contributed by atoms with Gasteiger partial charge in [-0.2, -0.15) is 4.31 Å². The van der Waals surface area contributed by atoms with Gasteiger partial charge in [-0.3, -0.25) is 4.79 Å².